The maximum Gasteiger partial charge on any atom is 0.213 e. The summed E-state index contributed by atoms with van der Waals surface area (Å²) in [6, 6.07) is 5.76. The van der Waals surface area contributed by atoms with Crippen molar-refractivity contribution < 1.29 is 0 Å². The van der Waals surface area contributed by atoms with E-state index in [0.29, 0.717) is 0 Å². The maximum absolute atomic E-state index is 4.43. The molecule has 6 heteroatoms. The molecule has 0 spiro atoms. The third-order valence-corrected chi connectivity index (χ3v) is 3.30. The van der Waals surface area contributed by atoms with Crippen molar-refractivity contribution >= 4 is 32.2 Å². The van der Waals surface area contributed by atoms with E-state index >= 15 is 0 Å². The predicted octanol–water partition coefficient (Wildman–Crippen LogP) is 2.62. The van der Waals surface area contributed by atoms with Crippen LogP contribution < -0.4 is 0 Å². The average Bonchev–Trinajstić information content (AvgIpc) is 2.76. The molecule has 74 valence electrons. The van der Waals surface area contributed by atoms with Crippen LogP contribution in [0.3, 0.4) is 0 Å². The van der Waals surface area contributed by atoms with Crippen molar-refractivity contribution in [3.63, 3.8) is 0 Å². The molecule has 3 aromatic rings. The minimum atomic E-state index is 0.831. The normalized spacial score (nSPS) is 11.0. The zero-order valence-electron chi connectivity index (χ0n) is 7.46. The molecule has 0 amide bonds. The van der Waals surface area contributed by atoms with E-state index < -0.39 is 0 Å². The lowest BCUT2D eigenvalue weighted by molar-refractivity contribution is 0.959. The van der Waals surface area contributed by atoms with Gasteiger partial charge in [-0.05, 0) is 28.1 Å². The van der Waals surface area contributed by atoms with Gasteiger partial charge in [0.15, 0.2) is 3.92 Å². The smallest absolute Gasteiger partial charge is 0.213 e. The van der Waals surface area contributed by atoms with Crippen molar-refractivity contribution in [3.05, 3.63) is 34.5 Å². The van der Waals surface area contributed by atoms with Crippen molar-refractivity contribution in [2.24, 2.45) is 0 Å². The van der Waals surface area contributed by atoms with Gasteiger partial charge in [-0.25, -0.2) is 9.50 Å². The lowest BCUT2D eigenvalue weighted by Gasteiger charge is -1.91. The highest BCUT2D eigenvalue weighted by Gasteiger charge is 2.08. The molecule has 0 N–H and O–H groups in total. The van der Waals surface area contributed by atoms with Crippen molar-refractivity contribution in [1.29, 1.82) is 0 Å². The molecule has 15 heavy (non-hydrogen) atoms. The fourth-order valence-corrected chi connectivity index (χ4v) is 2.53. The first kappa shape index (κ1) is 8.99. The Balaban J connectivity index is 2.16. The molecule has 0 unspecified atom stereocenters. The van der Waals surface area contributed by atoms with E-state index in [1.165, 1.54) is 11.3 Å². The number of imidazole rings is 1. The van der Waals surface area contributed by atoms with Gasteiger partial charge in [-0.1, -0.05) is 17.4 Å². The molecule has 3 rings (SSSR count). The van der Waals surface area contributed by atoms with E-state index in [1.54, 1.807) is 10.7 Å². The van der Waals surface area contributed by atoms with Crippen LogP contribution in [-0.2, 0) is 0 Å². The minimum Gasteiger partial charge on any atom is -0.255 e. The molecule has 0 aliphatic carbocycles. The largest absolute Gasteiger partial charge is 0.255 e. The van der Waals surface area contributed by atoms with E-state index in [-0.39, 0.29) is 0 Å². The summed E-state index contributed by atoms with van der Waals surface area (Å²) < 4.78 is 2.58. The minimum absolute atomic E-state index is 0.831. The van der Waals surface area contributed by atoms with E-state index in [4.69, 9.17) is 0 Å². The highest BCUT2D eigenvalue weighted by molar-refractivity contribution is 9.11. The summed E-state index contributed by atoms with van der Waals surface area (Å²) in [6.07, 6.45) is 3.63. The molecule has 0 saturated carbocycles. The second-order valence-corrected chi connectivity index (χ2v) is 5.16. The molecule has 0 fully saturated rings. The van der Waals surface area contributed by atoms with Crippen LogP contribution in [-0.4, -0.2) is 19.6 Å². The zero-order valence-corrected chi connectivity index (χ0v) is 9.86. The average molecular weight is 281 g/mol. The van der Waals surface area contributed by atoms with Crippen LogP contribution >= 0.6 is 27.3 Å². The van der Waals surface area contributed by atoms with Crippen LogP contribution in [0.15, 0.2) is 34.5 Å². The highest BCUT2D eigenvalue weighted by Crippen LogP contribution is 2.22. The SMILES string of the molecule is Brc1nn2cc(-c3ccccn3)nc2s1. The number of nitrogens with zero attached hydrogens (tertiary/aromatic N) is 4. The first-order chi connectivity index (χ1) is 7.33. The Morgan fingerprint density at radius 2 is 2.20 bits per heavy atom. The lowest BCUT2D eigenvalue weighted by atomic mass is 10.3. The number of hydrogen-bond acceptors (Lipinski definition) is 4. The summed E-state index contributed by atoms with van der Waals surface area (Å²) in [5, 5.41) is 4.22. The Morgan fingerprint density at radius 1 is 1.27 bits per heavy atom. The zero-order chi connectivity index (χ0) is 10.3. The molecular weight excluding hydrogens is 276 g/mol. The van der Waals surface area contributed by atoms with E-state index in [0.717, 1.165) is 20.3 Å². The van der Waals surface area contributed by atoms with Crippen LogP contribution in [0.2, 0.25) is 0 Å². The van der Waals surface area contributed by atoms with E-state index in [2.05, 4.69) is 31.0 Å². The maximum atomic E-state index is 4.43. The van der Waals surface area contributed by atoms with Crippen molar-refractivity contribution in [1.82, 2.24) is 19.6 Å². The summed E-state index contributed by atoms with van der Waals surface area (Å²) in [5.41, 5.74) is 1.72. The first-order valence-electron chi connectivity index (χ1n) is 4.26. The second-order valence-electron chi connectivity index (χ2n) is 2.92. The number of fused-ring (bicyclic) bond motifs is 1. The summed E-state index contributed by atoms with van der Waals surface area (Å²) >= 11 is 4.81. The van der Waals surface area contributed by atoms with Crippen LogP contribution in [0.25, 0.3) is 16.3 Å². The summed E-state index contributed by atoms with van der Waals surface area (Å²) in [4.78, 5) is 9.53. The number of rotatable bonds is 1. The Bertz CT molecular complexity index is 569. The van der Waals surface area contributed by atoms with Crippen molar-refractivity contribution in [3.8, 4) is 11.4 Å². The van der Waals surface area contributed by atoms with Crippen molar-refractivity contribution in [2.45, 2.75) is 0 Å². The third kappa shape index (κ3) is 1.55. The van der Waals surface area contributed by atoms with Gasteiger partial charge in [-0.2, -0.15) is 0 Å². The Morgan fingerprint density at radius 3 is 2.93 bits per heavy atom. The number of aromatic nitrogens is 4. The fourth-order valence-electron chi connectivity index (χ4n) is 1.31. The molecule has 0 aliphatic heterocycles. The lowest BCUT2D eigenvalue weighted by Crippen LogP contribution is -1.81. The van der Waals surface area contributed by atoms with Crippen LogP contribution in [0.1, 0.15) is 0 Å². The van der Waals surface area contributed by atoms with E-state index in [9.17, 15) is 0 Å². The van der Waals surface area contributed by atoms with Crippen LogP contribution in [0, 0.1) is 0 Å². The van der Waals surface area contributed by atoms with Gasteiger partial charge in [-0.15, -0.1) is 5.10 Å². The Labute approximate surface area is 97.7 Å². The molecule has 4 nitrogen and oxygen atoms in total. The molecule has 3 heterocycles. The van der Waals surface area contributed by atoms with Gasteiger partial charge in [0, 0.05) is 6.20 Å². The molecule has 3 aromatic heterocycles. The molecule has 0 atom stereocenters. The number of pyridine rings is 1. The quantitative estimate of drug-likeness (QED) is 0.688. The Kier molecular flexibility index (Phi) is 2.03. The molecule has 0 radical (unpaired) electrons. The highest BCUT2D eigenvalue weighted by atomic mass is 79.9. The standard InChI is InChI=1S/C9H5BrN4S/c10-8-13-14-5-7(12-9(14)15-8)6-3-1-2-4-11-6/h1-5H. The van der Waals surface area contributed by atoms with Crippen LogP contribution in [0.5, 0.6) is 0 Å². The molecular formula is C9H5BrN4S. The van der Waals surface area contributed by atoms with Gasteiger partial charge in [0.2, 0.25) is 4.96 Å². The van der Waals surface area contributed by atoms with Gasteiger partial charge in [0.05, 0.1) is 11.9 Å². The van der Waals surface area contributed by atoms with Crippen molar-refractivity contribution in [2.75, 3.05) is 0 Å². The van der Waals surface area contributed by atoms with Gasteiger partial charge in [0.1, 0.15) is 5.69 Å². The van der Waals surface area contributed by atoms with Gasteiger partial charge in [-0.3, -0.25) is 4.98 Å². The first-order valence-corrected chi connectivity index (χ1v) is 5.87. The summed E-state index contributed by atoms with van der Waals surface area (Å²) in [6.45, 7) is 0. The summed E-state index contributed by atoms with van der Waals surface area (Å²) in [5.74, 6) is 0. The molecule has 0 saturated heterocycles. The second kappa shape index (κ2) is 3.39. The van der Waals surface area contributed by atoms with Gasteiger partial charge in [0.25, 0.3) is 0 Å². The van der Waals surface area contributed by atoms with Gasteiger partial charge < -0.3 is 0 Å². The summed E-state index contributed by atoms with van der Waals surface area (Å²) in [7, 11) is 0. The monoisotopic (exact) mass is 280 g/mol. The number of hydrogen-bond donors (Lipinski definition) is 0. The Hall–Kier alpha value is -1.27. The number of halogens is 1. The molecule has 0 aromatic carbocycles. The third-order valence-electron chi connectivity index (χ3n) is 1.95. The van der Waals surface area contributed by atoms with E-state index in [1.807, 2.05) is 24.4 Å². The predicted molar refractivity (Wildman–Crippen MR) is 61.8 cm³/mol. The molecule has 0 aliphatic rings. The van der Waals surface area contributed by atoms with Gasteiger partial charge >= 0.3 is 0 Å². The molecule has 0 bridgehead atoms. The topological polar surface area (TPSA) is 43.1 Å². The fraction of sp³-hybridized carbons (Fsp3) is 0. The van der Waals surface area contributed by atoms with Crippen LogP contribution in [0.4, 0.5) is 0 Å².